The van der Waals surface area contributed by atoms with Crippen LogP contribution in [0.1, 0.15) is 15.9 Å². The third kappa shape index (κ3) is 0.995. The second-order valence-electron chi connectivity index (χ2n) is 2.82. The van der Waals surface area contributed by atoms with Crippen LogP contribution in [0.2, 0.25) is 0 Å². The van der Waals surface area contributed by atoms with E-state index in [-0.39, 0.29) is 5.56 Å². The molecule has 1 N–H and O–H groups in total. The first-order valence-electron chi connectivity index (χ1n) is 3.93. The minimum absolute atomic E-state index is 0.0596. The number of nitrogens with zero attached hydrogens (tertiary/aromatic N) is 1. The quantitative estimate of drug-likeness (QED) is 0.695. The number of carbonyl (C=O) groups is 1. The van der Waals surface area contributed by atoms with Crippen molar-refractivity contribution in [3.05, 3.63) is 35.3 Å². The van der Waals surface area contributed by atoms with Crippen molar-refractivity contribution >= 4 is 17.2 Å². The first kappa shape index (κ1) is 8.45. The number of fused-ring (bicyclic) bond motifs is 1. The normalized spacial score (nSPS) is 10.0. The van der Waals surface area contributed by atoms with Crippen LogP contribution in [0.4, 0.5) is 4.39 Å². The molecule has 0 aliphatic carbocycles. The minimum atomic E-state index is -0.584. The van der Waals surface area contributed by atoms with Gasteiger partial charge in [0.25, 0.3) is 0 Å². The molecule has 0 radical (unpaired) electrons. The largest absolute Gasteiger partial charge is 0.359 e. The van der Waals surface area contributed by atoms with Gasteiger partial charge in [-0.15, -0.1) is 0 Å². The highest BCUT2D eigenvalue weighted by Crippen LogP contribution is 2.22. The number of benzene rings is 1. The second kappa shape index (κ2) is 2.96. The lowest BCUT2D eigenvalue weighted by Crippen LogP contribution is -1.85. The van der Waals surface area contributed by atoms with E-state index < -0.39 is 5.82 Å². The molecule has 3 nitrogen and oxygen atoms in total. The molecule has 2 aromatic rings. The Kier molecular flexibility index (Phi) is 1.79. The van der Waals surface area contributed by atoms with Crippen LogP contribution in [0.15, 0.2) is 18.3 Å². The lowest BCUT2D eigenvalue weighted by molar-refractivity contribution is 0.112. The molecule has 1 aromatic carbocycles. The van der Waals surface area contributed by atoms with Crippen molar-refractivity contribution in [3.8, 4) is 6.07 Å². The molecule has 0 aliphatic heterocycles. The van der Waals surface area contributed by atoms with E-state index in [1.807, 2.05) is 0 Å². The van der Waals surface area contributed by atoms with Crippen LogP contribution in [-0.2, 0) is 0 Å². The smallest absolute Gasteiger partial charge is 0.152 e. The summed E-state index contributed by atoms with van der Waals surface area (Å²) < 4.78 is 13.1. The van der Waals surface area contributed by atoms with Gasteiger partial charge in [-0.1, -0.05) is 0 Å². The van der Waals surface area contributed by atoms with E-state index in [1.54, 1.807) is 6.07 Å². The fourth-order valence-corrected chi connectivity index (χ4v) is 1.40. The van der Waals surface area contributed by atoms with Gasteiger partial charge in [0.1, 0.15) is 17.4 Å². The Morgan fingerprint density at radius 1 is 1.50 bits per heavy atom. The zero-order chi connectivity index (χ0) is 10.1. The van der Waals surface area contributed by atoms with Crippen molar-refractivity contribution in [1.29, 1.82) is 5.26 Å². The van der Waals surface area contributed by atoms with Crippen molar-refractivity contribution in [1.82, 2.24) is 4.98 Å². The number of halogens is 1. The maximum absolute atomic E-state index is 13.1. The number of nitriles is 1. The average Bonchev–Trinajstić information content (AvgIpc) is 2.60. The maximum Gasteiger partial charge on any atom is 0.152 e. The van der Waals surface area contributed by atoms with Crippen LogP contribution in [0, 0.1) is 17.1 Å². The summed E-state index contributed by atoms with van der Waals surface area (Å²) in [7, 11) is 0. The molecule has 0 amide bonds. The Morgan fingerprint density at radius 3 is 2.93 bits per heavy atom. The van der Waals surface area contributed by atoms with Gasteiger partial charge in [0, 0.05) is 17.1 Å². The summed E-state index contributed by atoms with van der Waals surface area (Å²) in [6.07, 6.45) is 2.12. The van der Waals surface area contributed by atoms with Gasteiger partial charge in [0.2, 0.25) is 0 Å². The van der Waals surface area contributed by atoms with E-state index >= 15 is 0 Å². The second-order valence-corrected chi connectivity index (χ2v) is 2.82. The Hall–Kier alpha value is -2.15. The highest BCUT2D eigenvalue weighted by molar-refractivity contribution is 5.99. The molecule has 1 heterocycles. The Balaban J connectivity index is 2.92. The molecule has 0 bridgehead atoms. The predicted octanol–water partition coefficient (Wildman–Crippen LogP) is 1.99. The van der Waals surface area contributed by atoms with Gasteiger partial charge < -0.3 is 4.98 Å². The van der Waals surface area contributed by atoms with E-state index in [4.69, 9.17) is 5.26 Å². The number of carbonyl (C=O) groups excluding carboxylic acids is 1. The van der Waals surface area contributed by atoms with E-state index in [0.717, 1.165) is 0 Å². The summed E-state index contributed by atoms with van der Waals surface area (Å²) in [5.74, 6) is -0.584. The average molecular weight is 188 g/mol. The molecular weight excluding hydrogens is 183 g/mol. The van der Waals surface area contributed by atoms with E-state index in [0.29, 0.717) is 22.8 Å². The number of aldehydes is 1. The third-order valence-corrected chi connectivity index (χ3v) is 2.08. The zero-order valence-corrected chi connectivity index (χ0v) is 7.04. The Labute approximate surface area is 78.8 Å². The monoisotopic (exact) mass is 188 g/mol. The predicted molar refractivity (Wildman–Crippen MR) is 48.4 cm³/mol. The van der Waals surface area contributed by atoms with Crippen LogP contribution in [0.3, 0.4) is 0 Å². The van der Waals surface area contributed by atoms with Crippen molar-refractivity contribution in [2.75, 3.05) is 0 Å². The molecule has 1 aromatic heterocycles. The van der Waals surface area contributed by atoms with Crippen LogP contribution in [0.5, 0.6) is 0 Å². The molecule has 0 atom stereocenters. The van der Waals surface area contributed by atoms with Crippen LogP contribution < -0.4 is 0 Å². The van der Waals surface area contributed by atoms with Gasteiger partial charge in [-0.25, -0.2) is 4.39 Å². The maximum atomic E-state index is 13.1. The Bertz CT molecular complexity index is 551. The summed E-state index contributed by atoms with van der Waals surface area (Å²) in [5.41, 5.74) is 0.738. The fourth-order valence-electron chi connectivity index (χ4n) is 1.40. The molecule has 0 aliphatic rings. The Morgan fingerprint density at radius 2 is 2.29 bits per heavy atom. The summed E-state index contributed by atoms with van der Waals surface area (Å²) in [5, 5.41) is 9.27. The van der Waals surface area contributed by atoms with E-state index in [2.05, 4.69) is 4.98 Å². The molecule has 68 valence electrons. The topological polar surface area (TPSA) is 56.6 Å². The number of H-pyrrole nitrogens is 1. The summed E-state index contributed by atoms with van der Waals surface area (Å²) in [6.45, 7) is 0. The summed E-state index contributed by atoms with van der Waals surface area (Å²) in [6, 6.07) is 4.41. The lowest BCUT2D eigenvalue weighted by atomic mass is 10.1. The molecule has 0 saturated heterocycles. The van der Waals surface area contributed by atoms with Crippen molar-refractivity contribution in [3.63, 3.8) is 0 Å². The SMILES string of the molecule is N#Cc1c(F)ccc2c(C=O)c[nH]c12. The lowest BCUT2D eigenvalue weighted by Gasteiger charge is -1.95. The third-order valence-electron chi connectivity index (χ3n) is 2.08. The van der Waals surface area contributed by atoms with Crippen molar-refractivity contribution in [2.45, 2.75) is 0 Å². The van der Waals surface area contributed by atoms with Gasteiger partial charge in [0.15, 0.2) is 6.29 Å². The molecule has 0 unspecified atom stereocenters. The summed E-state index contributed by atoms with van der Waals surface area (Å²) >= 11 is 0. The highest BCUT2D eigenvalue weighted by Gasteiger charge is 2.10. The van der Waals surface area contributed by atoms with E-state index in [9.17, 15) is 9.18 Å². The van der Waals surface area contributed by atoms with Gasteiger partial charge >= 0.3 is 0 Å². The molecule has 0 saturated carbocycles. The molecular formula is C10H5FN2O. The van der Waals surface area contributed by atoms with Gasteiger partial charge in [-0.05, 0) is 12.1 Å². The minimum Gasteiger partial charge on any atom is -0.359 e. The first-order chi connectivity index (χ1) is 6.77. The number of aromatic amines is 1. The molecule has 14 heavy (non-hydrogen) atoms. The van der Waals surface area contributed by atoms with Gasteiger partial charge in [-0.2, -0.15) is 5.26 Å². The zero-order valence-electron chi connectivity index (χ0n) is 7.04. The number of hydrogen-bond donors (Lipinski definition) is 1. The molecule has 0 spiro atoms. The molecule has 2 rings (SSSR count). The first-order valence-corrected chi connectivity index (χ1v) is 3.93. The number of nitrogens with one attached hydrogen (secondary N) is 1. The van der Waals surface area contributed by atoms with Crippen LogP contribution in [0.25, 0.3) is 10.9 Å². The fraction of sp³-hybridized carbons (Fsp3) is 0. The number of aromatic nitrogens is 1. The molecule has 0 fully saturated rings. The van der Waals surface area contributed by atoms with Gasteiger partial charge in [-0.3, -0.25) is 4.79 Å². The van der Waals surface area contributed by atoms with E-state index in [1.165, 1.54) is 18.3 Å². The number of rotatable bonds is 1. The molecule has 4 heteroatoms. The number of hydrogen-bond acceptors (Lipinski definition) is 2. The van der Waals surface area contributed by atoms with Crippen molar-refractivity contribution < 1.29 is 9.18 Å². The van der Waals surface area contributed by atoms with Crippen molar-refractivity contribution in [2.24, 2.45) is 0 Å². The van der Waals surface area contributed by atoms with Crippen LogP contribution >= 0.6 is 0 Å². The highest BCUT2D eigenvalue weighted by atomic mass is 19.1. The van der Waals surface area contributed by atoms with Crippen LogP contribution in [-0.4, -0.2) is 11.3 Å². The van der Waals surface area contributed by atoms with Gasteiger partial charge in [0.05, 0.1) is 5.52 Å². The standard InChI is InChI=1S/C10H5FN2O/c11-9-2-1-7-6(5-14)4-13-10(7)8(9)3-12/h1-2,4-5,13H. The summed E-state index contributed by atoms with van der Waals surface area (Å²) in [4.78, 5) is 13.3.